The van der Waals surface area contributed by atoms with Crippen LogP contribution in [0.3, 0.4) is 0 Å². The molecule has 0 bridgehead atoms. The molecule has 1 saturated heterocycles. The molecule has 0 spiro atoms. The van der Waals surface area contributed by atoms with Crippen molar-refractivity contribution in [3.63, 3.8) is 0 Å². The molecule has 17 heavy (non-hydrogen) atoms. The summed E-state index contributed by atoms with van der Waals surface area (Å²) in [7, 11) is 0. The zero-order valence-electron chi connectivity index (χ0n) is 11.4. The Balaban J connectivity index is 1.71. The molecule has 0 atom stereocenters. The second kappa shape index (κ2) is 7.38. The van der Waals surface area contributed by atoms with E-state index in [0.29, 0.717) is 6.04 Å². The minimum Gasteiger partial charge on any atom is -0.328 e. The fraction of sp³-hybridized carbons (Fsp3) is 1.00. The summed E-state index contributed by atoms with van der Waals surface area (Å²) in [6.07, 6.45) is 14.2. The molecule has 0 aromatic carbocycles. The van der Waals surface area contributed by atoms with Gasteiger partial charge in [-0.3, -0.25) is 0 Å². The third-order valence-electron chi connectivity index (χ3n) is 4.62. The number of nitrogens with zero attached hydrogens (tertiary/aromatic N) is 1. The first-order valence-corrected chi connectivity index (χ1v) is 7.82. The molecule has 0 radical (unpaired) electrons. The Morgan fingerprint density at radius 3 is 1.88 bits per heavy atom. The minimum atomic E-state index is 0.479. The van der Waals surface area contributed by atoms with Crippen molar-refractivity contribution in [2.45, 2.75) is 70.3 Å². The van der Waals surface area contributed by atoms with E-state index in [4.69, 9.17) is 5.73 Å². The maximum absolute atomic E-state index is 5.97. The fourth-order valence-electron chi connectivity index (χ4n) is 3.40. The second-order valence-corrected chi connectivity index (χ2v) is 6.20. The lowest BCUT2D eigenvalue weighted by Gasteiger charge is -2.33. The molecule has 2 heteroatoms. The molecular formula is C15H30N2. The summed E-state index contributed by atoms with van der Waals surface area (Å²) in [6.45, 7) is 3.85. The summed E-state index contributed by atoms with van der Waals surface area (Å²) in [4.78, 5) is 2.67. The molecule has 0 unspecified atom stereocenters. The maximum Gasteiger partial charge on any atom is 0.00631 e. The van der Waals surface area contributed by atoms with Gasteiger partial charge in [0.15, 0.2) is 0 Å². The summed E-state index contributed by atoms with van der Waals surface area (Å²) in [5.74, 6) is 0.974. The van der Waals surface area contributed by atoms with Gasteiger partial charge in [-0.1, -0.05) is 38.5 Å². The first-order chi connectivity index (χ1) is 8.34. The number of rotatable bonds is 2. The highest BCUT2D eigenvalue weighted by atomic mass is 15.1. The zero-order chi connectivity index (χ0) is 11.9. The van der Waals surface area contributed by atoms with Gasteiger partial charge in [-0.15, -0.1) is 0 Å². The van der Waals surface area contributed by atoms with Crippen molar-refractivity contribution in [3.05, 3.63) is 0 Å². The van der Waals surface area contributed by atoms with E-state index in [-0.39, 0.29) is 0 Å². The summed E-state index contributed by atoms with van der Waals surface area (Å²) >= 11 is 0. The molecule has 2 N–H and O–H groups in total. The van der Waals surface area contributed by atoms with Gasteiger partial charge in [-0.05, 0) is 44.7 Å². The normalized spacial score (nSPS) is 27.4. The molecule has 100 valence electrons. The summed E-state index contributed by atoms with van der Waals surface area (Å²) < 4.78 is 0. The van der Waals surface area contributed by atoms with Crippen LogP contribution in [0.5, 0.6) is 0 Å². The lowest BCUT2D eigenvalue weighted by Crippen LogP contribution is -2.41. The van der Waals surface area contributed by atoms with Crippen molar-refractivity contribution >= 4 is 0 Å². The van der Waals surface area contributed by atoms with E-state index in [0.717, 1.165) is 5.92 Å². The summed E-state index contributed by atoms with van der Waals surface area (Å²) in [5.41, 5.74) is 5.97. The third kappa shape index (κ3) is 4.97. The molecule has 1 aliphatic heterocycles. The Hall–Kier alpha value is -0.0800. The molecule has 2 nitrogen and oxygen atoms in total. The largest absolute Gasteiger partial charge is 0.328 e. The van der Waals surface area contributed by atoms with Gasteiger partial charge in [0.2, 0.25) is 0 Å². The predicted octanol–water partition coefficient (Wildman–Crippen LogP) is 3.16. The first kappa shape index (κ1) is 13.4. The number of hydrogen-bond acceptors (Lipinski definition) is 2. The molecule has 2 rings (SSSR count). The standard InChI is InChI=1S/C15H30N2/c16-15-9-11-17(12-10-15)13-14-7-5-3-1-2-4-6-8-14/h14-15H,1-13,16H2. The third-order valence-corrected chi connectivity index (χ3v) is 4.62. The van der Waals surface area contributed by atoms with Crippen LogP contribution in [0.4, 0.5) is 0 Å². The molecule has 0 amide bonds. The quantitative estimate of drug-likeness (QED) is 0.800. The van der Waals surface area contributed by atoms with Crippen LogP contribution in [0, 0.1) is 5.92 Å². The van der Waals surface area contributed by atoms with E-state index in [1.165, 1.54) is 83.8 Å². The van der Waals surface area contributed by atoms with Crippen molar-refractivity contribution in [3.8, 4) is 0 Å². The van der Waals surface area contributed by atoms with Crippen molar-refractivity contribution in [2.24, 2.45) is 11.7 Å². The van der Waals surface area contributed by atoms with Crippen LogP contribution in [-0.2, 0) is 0 Å². The Labute approximate surface area is 107 Å². The van der Waals surface area contributed by atoms with Gasteiger partial charge in [-0.25, -0.2) is 0 Å². The van der Waals surface area contributed by atoms with Gasteiger partial charge in [0.05, 0.1) is 0 Å². The average Bonchev–Trinajstić information content (AvgIpc) is 2.46. The monoisotopic (exact) mass is 238 g/mol. The van der Waals surface area contributed by atoms with Crippen molar-refractivity contribution in [2.75, 3.05) is 19.6 Å². The van der Waals surface area contributed by atoms with Crippen LogP contribution in [0.2, 0.25) is 0 Å². The van der Waals surface area contributed by atoms with E-state index < -0.39 is 0 Å². The Kier molecular flexibility index (Phi) is 5.79. The van der Waals surface area contributed by atoms with E-state index in [9.17, 15) is 0 Å². The van der Waals surface area contributed by atoms with Gasteiger partial charge in [0, 0.05) is 12.6 Å². The van der Waals surface area contributed by atoms with Crippen LogP contribution in [0.1, 0.15) is 64.2 Å². The van der Waals surface area contributed by atoms with Crippen molar-refractivity contribution in [1.82, 2.24) is 4.90 Å². The topological polar surface area (TPSA) is 29.3 Å². The summed E-state index contributed by atoms with van der Waals surface area (Å²) in [5, 5.41) is 0. The highest BCUT2D eigenvalue weighted by Crippen LogP contribution is 2.23. The number of piperidine rings is 1. The molecule has 1 heterocycles. The van der Waals surface area contributed by atoms with Gasteiger partial charge in [-0.2, -0.15) is 0 Å². The molecule has 0 aromatic heterocycles. The maximum atomic E-state index is 5.97. The fourth-order valence-corrected chi connectivity index (χ4v) is 3.40. The number of likely N-dealkylation sites (tertiary alicyclic amines) is 1. The summed E-state index contributed by atoms with van der Waals surface area (Å²) in [6, 6.07) is 0.479. The molecule has 2 aliphatic rings. The number of hydrogen-bond donors (Lipinski definition) is 1. The Morgan fingerprint density at radius 1 is 0.765 bits per heavy atom. The minimum absolute atomic E-state index is 0.479. The predicted molar refractivity (Wildman–Crippen MR) is 74.1 cm³/mol. The van der Waals surface area contributed by atoms with Crippen LogP contribution in [0.25, 0.3) is 0 Å². The molecule has 1 saturated carbocycles. The molecule has 2 fully saturated rings. The number of nitrogens with two attached hydrogens (primary N) is 1. The van der Waals surface area contributed by atoms with Gasteiger partial charge in [0.1, 0.15) is 0 Å². The first-order valence-electron chi connectivity index (χ1n) is 7.82. The second-order valence-electron chi connectivity index (χ2n) is 6.20. The lowest BCUT2D eigenvalue weighted by molar-refractivity contribution is 0.173. The van der Waals surface area contributed by atoms with E-state index >= 15 is 0 Å². The van der Waals surface area contributed by atoms with E-state index in [1.54, 1.807) is 0 Å². The van der Waals surface area contributed by atoms with Crippen LogP contribution in [-0.4, -0.2) is 30.6 Å². The lowest BCUT2D eigenvalue weighted by atomic mass is 9.95. The zero-order valence-corrected chi connectivity index (χ0v) is 11.4. The van der Waals surface area contributed by atoms with Gasteiger partial charge < -0.3 is 10.6 Å². The Bertz CT molecular complexity index is 187. The van der Waals surface area contributed by atoms with Gasteiger partial charge in [0.25, 0.3) is 0 Å². The smallest absolute Gasteiger partial charge is 0.00631 e. The van der Waals surface area contributed by atoms with Crippen LogP contribution < -0.4 is 5.73 Å². The average molecular weight is 238 g/mol. The van der Waals surface area contributed by atoms with Crippen molar-refractivity contribution in [1.29, 1.82) is 0 Å². The van der Waals surface area contributed by atoms with Crippen LogP contribution in [0.15, 0.2) is 0 Å². The Morgan fingerprint density at radius 2 is 1.29 bits per heavy atom. The molecular weight excluding hydrogens is 208 g/mol. The van der Waals surface area contributed by atoms with E-state index in [1.807, 2.05) is 0 Å². The highest BCUT2D eigenvalue weighted by molar-refractivity contribution is 4.76. The molecule has 1 aliphatic carbocycles. The molecule has 0 aromatic rings. The van der Waals surface area contributed by atoms with Crippen molar-refractivity contribution < 1.29 is 0 Å². The van der Waals surface area contributed by atoms with Gasteiger partial charge >= 0.3 is 0 Å². The van der Waals surface area contributed by atoms with Crippen LogP contribution >= 0.6 is 0 Å². The van der Waals surface area contributed by atoms with E-state index in [2.05, 4.69) is 4.90 Å². The SMILES string of the molecule is NC1CCN(CC2CCCCCCCC2)CC1. The highest BCUT2D eigenvalue weighted by Gasteiger charge is 2.19.